The first-order valence-electron chi connectivity index (χ1n) is 9.77. The van der Waals surface area contributed by atoms with Crippen molar-refractivity contribution in [1.29, 1.82) is 0 Å². The fraction of sp³-hybridized carbons (Fsp3) is 0.381. The standard InChI is InChI=1S/C21H25N5O2S/c1-14-17(15(2)26-19(22-14)12-21(28)24-26)11-20(27)23-18-6-4-3-5-16(18)13-25-7-9-29-10-8-25/h3-6,12H,7-11,13H2,1-2H3,(H,23,27)(H,24,28). The summed E-state index contributed by atoms with van der Waals surface area (Å²) in [4.78, 5) is 31.3. The van der Waals surface area contributed by atoms with Gasteiger partial charge in [0.1, 0.15) is 0 Å². The van der Waals surface area contributed by atoms with Gasteiger partial charge in [0.2, 0.25) is 5.91 Å². The van der Waals surface area contributed by atoms with Crippen molar-refractivity contribution in [1.82, 2.24) is 19.5 Å². The number of benzene rings is 1. The number of carbonyl (C=O) groups excluding carboxylic acids is 1. The zero-order valence-electron chi connectivity index (χ0n) is 16.7. The van der Waals surface area contributed by atoms with E-state index in [2.05, 4.69) is 26.4 Å². The Kier molecular flexibility index (Phi) is 5.73. The van der Waals surface area contributed by atoms with Gasteiger partial charge in [-0.2, -0.15) is 11.8 Å². The highest BCUT2D eigenvalue weighted by molar-refractivity contribution is 7.99. The molecule has 3 aromatic rings. The summed E-state index contributed by atoms with van der Waals surface area (Å²) in [6.07, 6.45) is 0.204. The number of thioether (sulfide) groups is 1. The van der Waals surface area contributed by atoms with E-state index >= 15 is 0 Å². The predicted octanol–water partition coefficient (Wildman–Crippen LogP) is 2.37. The lowest BCUT2D eigenvalue weighted by molar-refractivity contribution is -0.115. The number of fused-ring (bicyclic) bond motifs is 1. The Balaban J connectivity index is 1.52. The number of para-hydroxylation sites is 1. The first-order chi connectivity index (χ1) is 14.0. The van der Waals surface area contributed by atoms with Gasteiger partial charge >= 0.3 is 0 Å². The molecule has 1 amide bonds. The van der Waals surface area contributed by atoms with Crippen molar-refractivity contribution in [3.05, 3.63) is 63.2 Å². The summed E-state index contributed by atoms with van der Waals surface area (Å²) in [5, 5.41) is 5.81. The van der Waals surface area contributed by atoms with Crippen LogP contribution in [0.15, 0.2) is 35.1 Å². The van der Waals surface area contributed by atoms with E-state index in [1.54, 1.807) is 4.52 Å². The summed E-state index contributed by atoms with van der Waals surface area (Å²) in [5.74, 6) is 2.22. The monoisotopic (exact) mass is 411 g/mol. The van der Waals surface area contributed by atoms with E-state index < -0.39 is 0 Å². The van der Waals surface area contributed by atoms with Gasteiger partial charge in [0.05, 0.1) is 6.42 Å². The first kappa shape index (κ1) is 19.7. The Bertz CT molecular complexity index is 1100. The van der Waals surface area contributed by atoms with E-state index in [1.807, 2.05) is 43.8 Å². The van der Waals surface area contributed by atoms with Gasteiger partial charge in [0.15, 0.2) is 5.65 Å². The number of nitrogens with one attached hydrogen (secondary N) is 2. The van der Waals surface area contributed by atoms with E-state index in [1.165, 1.54) is 6.07 Å². The second-order valence-electron chi connectivity index (χ2n) is 7.35. The number of aromatic amines is 1. The second-order valence-corrected chi connectivity index (χ2v) is 8.57. The van der Waals surface area contributed by atoms with Crippen LogP contribution in [-0.4, -0.2) is 50.0 Å². The summed E-state index contributed by atoms with van der Waals surface area (Å²) < 4.78 is 1.64. The van der Waals surface area contributed by atoms with Gasteiger partial charge in [0, 0.05) is 59.8 Å². The van der Waals surface area contributed by atoms with Gasteiger partial charge in [-0.3, -0.25) is 19.6 Å². The molecule has 0 radical (unpaired) electrons. The van der Waals surface area contributed by atoms with Crippen molar-refractivity contribution in [3.63, 3.8) is 0 Å². The molecule has 29 heavy (non-hydrogen) atoms. The van der Waals surface area contributed by atoms with Crippen molar-refractivity contribution in [3.8, 4) is 0 Å². The molecule has 1 saturated heterocycles. The minimum absolute atomic E-state index is 0.0893. The molecule has 0 unspecified atom stereocenters. The highest BCUT2D eigenvalue weighted by atomic mass is 32.2. The molecular formula is C21H25N5O2S. The van der Waals surface area contributed by atoms with E-state index in [0.29, 0.717) is 5.65 Å². The zero-order valence-corrected chi connectivity index (χ0v) is 17.5. The minimum atomic E-state index is -0.202. The lowest BCUT2D eigenvalue weighted by Gasteiger charge is -2.27. The quantitative estimate of drug-likeness (QED) is 0.674. The molecule has 1 aliphatic rings. The second kappa shape index (κ2) is 8.42. The third-order valence-corrected chi connectivity index (χ3v) is 6.27. The normalized spacial score (nSPS) is 15.0. The molecule has 4 rings (SSSR count). The number of nitrogens with zero attached hydrogens (tertiary/aromatic N) is 3. The van der Waals surface area contributed by atoms with E-state index in [9.17, 15) is 9.59 Å². The Morgan fingerprint density at radius 1 is 1.24 bits per heavy atom. The van der Waals surface area contributed by atoms with Crippen molar-refractivity contribution < 1.29 is 4.79 Å². The van der Waals surface area contributed by atoms with Crippen LogP contribution in [0.3, 0.4) is 0 Å². The SMILES string of the molecule is Cc1nc2cc(=O)[nH]n2c(C)c1CC(=O)Nc1ccccc1CN1CCSCC1. The maximum atomic E-state index is 12.8. The summed E-state index contributed by atoms with van der Waals surface area (Å²) in [6, 6.07) is 9.44. The van der Waals surface area contributed by atoms with E-state index in [-0.39, 0.29) is 17.9 Å². The molecule has 2 aromatic heterocycles. The lowest BCUT2D eigenvalue weighted by Crippen LogP contribution is -2.32. The molecule has 0 atom stereocenters. The van der Waals surface area contributed by atoms with Crippen LogP contribution in [0, 0.1) is 13.8 Å². The van der Waals surface area contributed by atoms with Crippen LogP contribution >= 0.6 is 11.8 Å². The smallest absolute Gasteiger partial charge is 0.266 e. The van der Waals surface area contributed by atoms with Gasteiger partial charge < -0.3 is 5.32 Å². The van der Waals surface area contributed by atoms with Crippen LogP contribution in [0.25, 0.3) is 5.65 Å². The average molecular weight is 412 g/mol. The summed E-state index contributed by atoms with van der Waals surface area (Å²) in [5.41, 5.74) is 4.76. The summed E-state index contributed by atoms with van der Waals surface area (Å²) in [7, 11) is 0. The molecule has 0 saturated carbocycles. The van der Waals surface area contributed by atoms with E-state index in [0.717, 1.165) is 59.3 Å². The number of hydrogen-bond acceptors (Lipinski definition) is 5. The van der Waals surface area contributed by atoms with Gasteiger partial charge in [-0.25, -0.2) is 9.50 Å². The fourth-order valence-corrected chi connectivity index (χ4v) is 4.73. The molecule has 1 fully saturated rings. The Hall–Kier alpha value is -2.58. The topological polar surface area (TPSA) is 82.5 Å². The number of amides is 1. The third kappa shape index (κ3) is 4.38. The predicted molar refractivity (Wildman–Crippen MR) is 117 cm³/mol. The maximum Gasteiger partial charge on any atom is 0.266 e. The first-order valence-corrected chi connectivity index (χ1v) is 10.9. The number of anilines is 1. The van der Waals surface area contributed by atoms with Crippen LogP contribution in [0.5, 0.6) is 0 Å². The van der Waals surface area contributed by atoms with Gasteiger partial charge in [-0.05, 0) is 25.5 Å². The van der Waals surface area contributed by atoms with Crippen molar-refractivity contribution >= 4 is 29.0 Å². The molecule has 1 aliphatic heterocycles. The summed E-state index contributed by atoms with van der Waals surface area (Å²) >= 11 is 1.99. The summed E-state index contributed by atoms with van der Waals surface area (Å²) in [6.45, 7) is 6.75. The molecule has 7 nitrogen and oxygen atoms in total. The van der Waals surface area contributed by atoms with Gasteiger partial charge in [0.25, 0.3) is 5.56 Å². The number of hydrogen-bond donors (Lipinski definition) is 2. The molecule has 3 heterocycles. The van der Waals surface area contributed by atoms with Crippen LogP contribution in [-0.2, 0) is 17.8 Å². The van der Waals surface area contributed by atoms with E-state index in [4.69, 9.17) is 0 Å². The van der Waals surface area contributed by atoms with Crippen molar-refractivity contribution in [2.45, 2.75) is 26.8 Å². The molecule has 1 aromatic carbocycles. The highest BCUT2D eigenvalue weighted by Crippen LogP contribution is 2.21. The minimum Gasteiger partial charge on any atom is -0.325 e. The Morgan fingerprint density at radius 3 is 2.79 bits per heavy atom. The number of aryl methyl sites for hydroxylation is 2. The Morgan fingerprint density at radius 2 is 2.00 bits per heavy atom. The number of aromatic nitrogens is 3. The van der Waals surface area contributed by atoms with Gasteiger partial charge in [-0.1, -0.05) is 18.2 Å². The maximum absolute atomic E-state index is 12.8. The molecule has 8 heteroatoms. The third-order valence-electron chi connectivity index (χ3n) is 5.33. The van der Waals surface area contributed by atoms with Crippen LogP contribution in [0.2, 0.25) is 0 Å². The molecular weight excluding hydrogens is 386 g/mol. The number of rotatable bonds is 5. The average Bonchev–Trinajstić information content (AvgIpc) is 3.08. The van der Waals surface area contributed by atoms with Crippen LogP contribution in [0.1, 0.15) is 22.5 Å². The number of carbonyl (C=O) groups is 1. The highest BCUT2D eigenvalue weighted by Gasteiger charge is 2.17. The fourth-order valence-electron chi connectivity index (χ4n) is 3.75. The van der Waals surface area contributed by atoms with Crippen LogP contribution < -0.4 is 10.9 Å². The number of H-pyrrole nitrogens is 1. The van der Waals surface area contributed by atoms with Crippen molar-refractivity contribution in [2.75, 3.05) is 29.9 Å². The molecule has 0 aliphatic carbocycles. The van der Waals surface area contributed by atoms with Crippen molar-refractivity contribution in [2.24, 2.45) is 0 Å². The van der Waals surface area contributed by atoms with Gasteiger partial charge in [-0.15, -0.1) is 0 Å². The van der Waals surface area contributed by atoms with Crippen LogP contribution in [0.4, 0.5) is 5.69 Å². The molecule has 0 spiro atoms. The lowest BCUT2D eigenvalue weighted by atomic mass is 10.1. The molecule has 152 valence electrons. The molecule has 0 bridgehead atoms. The molecule has 2 N–H and O–H groups in total. The Labute approximate surface area is 173 Å². The zero-order chi connectivity index (χ0) is 20.4. The largest absolute Gasteiger partial charge is 0.325 e.